The lowest BCUT2D eigenvalue weighted by Gasteiger charge is -2.18. The fourth-order valence-electron chi connectivity index (χ4n) is 1.93. The first kappa shape index (κ1) is 17.2. The zero-order valence-corrected chi connectivity index (χ0v) is 13.0. The highest BCUT2D eigenvalue weighted by Crippen LogP contribution is 2.19. The van der Waals surface area contributed by atoms with Crippen molar-refractivity contribution in [2.75, 3.05) is 18.5 Å². The number of aliphatic hydroxyl groups is 1. The first-order valence-electron chi connectivity index (χ1n) is 6.87. The number of benzene rings is 1. The van der Waals surface area contributed by atoms with Crippen molar-refractivity contribution < 1.29 is 14.2 Å². The van der Waals surface area contributed by atoms with E-state index in [1.165, 1.54) is 18.2 Å². The zero-order chi connectivity index (χ0) is 15.1. The lowest BCUT2D eigenvalue weighted by molar-refractivity contribution is -0.00445. The minimum atomic E-state index is -0.692. The summed E-state index contributed by atoms with van der Waals surface area (Å²) in [6.45, 7) is 6.67. The van der Waals surface area contributed by atoms with Crippen LogP contribution in [0.5, 0.6) is 0 Å². The highest BCUT2D eigenvalue weighted by Gasteiger charge is 2.10. The summed E-state index contributed by atoms with van der Waals surface area (Å²) in [7, 11) is 0. The molecule has 0 saturated heterocycles. The van der Waals surface area contributed by atoms with Crippen molar-refractivity contribution in [2.24, 2.45) is 5.92 Å². The van der Waals surface area contributed by atoms with E-state index in [2.05, 4.69) is 19.2 Å². The Labute approximate surface area is 125 Å². The number of rotatable bonds is 8. The van der Waals surface area contributed by atoms with Crippen LogP contribution in [0.25, 0.3) is 0 Å². The van der Waals surface area contributed by atoms with E-state index in [0.717, 1.165) is 6.42 Å². The standard InChI is InChI=1S/C15H23ClFNO2/c1-10(2)6-11(3)20-9-13(19)8-18-15-7-12(16)4-5-14(15)17/h4-5,7,10-11,13,18-19H,6,8-9H2,1-3H3. The number of hydrogen-bond donors (Lipinski definition) is 2. The maximum absolute atomic E-state index is 13.4. The van der Waals surface area contributed by atoms with Gasteiger partial charge in [-0.3, -0.25) is 0 Å². The van der Waals surface area contributed by atoms with Gasteiger partial charge in [-0.05, 0) is 37.5 Å². The smallest absolute Gasteiger partial charge is 0.146 e. The van der Waals surface area contributed by atoms with Crippen LogP contribution in [-0.2, 0) is 4.74 Å². The molecule has 0 bridgehead atoms. The summed E-state index contributed by atoms with van der Waals surface area (Å²) in [5, 5.41) is 13.1. The zero-order valence-electron chi connectivity index (χ0n) is 12.2. The molecule has 0 amide bonds. The van der Waals surface area contributed by atoms with E-state index in [1.807, 2.05) is 6.92 Å². The minimum Gasteiger partial charge on any atom is -0.389 e. The topological polar surface area (TPSA) is 41.5 Å². The van der Waals surface area contributed by atoms with E-state index in [0.29, 0.717) is 10.9 Å². The molecule has 0 aliphatic heterocycles. The lowest BCUT2D eigenvalue weighted by atomic mass is 10.1. The van der Waals surface area contributed by atoms with Gasteiger partial charge in [0.25, 0.3) is 0 Å². The molecule has 0 saturated carbocycles. The van der Waals surface area contributed by atoms with Gasteiger partial charge in [0, 0.05) is 11.6 Å². The van der Waals surface area contributed by atoms with Gasteiger partial charge in [0.2, 0.25) is 0 Å². The van der Waals surface area contributed by atoms with Gasteiger partial charge in [-0.25, -0.2) is 4.39 Å². The van der Waals surface area contributed by atoms with Crippen molar-refractivity contribution in [3.8, 4) is 0 Å². The van der Waals surface area contributed by atoms with Gasteiger partial charge >= 0.3 is 0 Å². The van der Waals surface area contributed by atoms with Crippen LogP contribution in [0, 0.1) is 11.7 Å². The first-order valence-corrected chi connectivity index (χ1v) is 7.25. The molecule has 20 heavy (non-hydrogen) atoms. The van der Waals surface area contributed by atoms with E-state index < -0.39 is 11.9 Å². The number of ether oxygens (including phenoxy) is 1. The largest absolute Gasteiger partial charge is 0.389 e. The Bertz CT molecular complexity index is 415. The molecule has 1 rings (SSSR count). The third kappa shape index (κ3) is 6.55. The Hall–Kier alpha value is -0.840. The van der Waals surface area contributed by atoms with E-state index in [-0.39, 0.29) is 24.9 Å². The Balaban J connectivity index is 2.32. The summed E-state index contributed by atoms with van der Waals surface area (Å²) in [6, 6.07) is 4.26. The van der Waals surface area contributed by atoms with Crippen molar-refractivity contribution in [1.29, 1.82) is 0 Å². The summed E-state index contributed by atoms with van der Waals surface area (Å²) < 4.78 is 19.0. The number of hydrogen-bond acceptors (Lipinski definition) is 3. The SMILES string of the molecule is CC(C)CC(C)OCC(O)CNc1cc(Cl)ccc1F. The van der Waals surface area contributed by atoms with Crippen LogP contribution in [0.2, 0.25) is 5.02 Å². The molecule has 0 fully saturated rings. The number of anilines is 1. The van der Waals surface area contributed by atoms with Gasteiger partial charge in [0.1, 0.15) is 5.82 Å². The van der Waals surface area contributed by atoms with E-state index in [9.17, 15) is 9.50 Å². The first-order chi connectivity index (χ1) is 9.38. The van der Waals surface area contributed by atoms with Crippen molar-refractivity contribution in [1.82, 2.24) is 0 Å². The third-order valence-corrected chi connectivity index (χ3v) is 3.07. The van der Waals surface area contributed by atoms with Crippen LogP contribution >= 0.6 is 11.6 Å². The molecule has 2 atom stereocenters. The predicted molar refractivity (Wildman–Crippen MR) is 80.8 cm³/mol. The van der Waals surface area contributed by atoms with Crippen molar-refractivity contribution in [2.45, 2.75) is 39.4 Å². The second kappa shape index (κ2) is 8.45. The van der Waals surface area contributed by atoms with Crippen molar-refractivity contribution >= 4 is 17.3 Å². The van der Waals surface area contributed by atoms with Gasteiger partial charge in [0.15, 0.2) is 0 Å². The minimum absolute atomic E-state index is 0.104. The van der Waals surface area contributed by atoms with E-state index >= 15 is 0 Å². The molecule has 0 aliphatic carbocycles. The molecule has 5 heteroatoms. The fraction of sp³-hybridized carbons (Fsp3) is 0.600. The molecule has 0 spiro atoms. The van der Waals surface area contributed by atoms with Crippen molar-refractivity contribution in [3.05, 3.63) is 29.0 Å². The number of aliphatic hydroxyl groups excluding tert-OH is 1. The molecule has 2 unspecified atom stereocenters. The van der Waals surface area contributed by atoms with Gasteiger partial charge in [-0.1, -0.05) is 25.4 Å². The Morgan fingerprint density at radius 1 is 1.35 bits per heavy atom. The second-order valence-corrected chi connectivity index (χ2v) is 5.87. The molecule has 0 aromatic heterocycles. The monoisotopic (exact) mass is 303 g/mol. The van der Waals surface area contributed by atoms with Gasteiger partial charge in [0.05, 0.1) is 24.5 Å². The maximum atomic E-state index is 13.4. The highest BCUT2D eigenvalue weighted by atomic mass is 35.5. The molecule has 0 radical (unpaired) electrons. The molecular formula is C15H23ClFNO2. The van der Waals surface area contributed by atoms with Crippen LogP contribution in [0.4, 0.5) is 10.1 Å². The molecule has 1 aromatic rings. The average molecular weight is 304 g/mol. The molecule has 1 aromatic carbocycles. The summed E-state index contributed by atoms with van der Waals surface area (Å²) >= 11 is 5.79. The molecule has 114 valence electrons. The molecular weight excluding hydrogens is 281 g/mol. The lowest BCUT2D eigenvalue weighted by Crippen LogP contribution is -2.27. The predicted octanol–water partition coefficient (Wildman–Crippen LogP) is 3.70. The second-order valence-electron chi connectivity index (χ2n) is 5.43. The molecule has 2 N–H and O–H groups in total. The van der Waals surface area contributed by atoms with E-state index in [4.69, 9.17) is 16.3 Å². The van der Waals surface area contributed by atoms with Crippen LogP contribution < -0.4 is 5.32 Å². The summed E-state index contributed by atoms with van der Waals surface area (Å²) in [5.74, 6) is 0.163. The highest BCUT2D eigenvalue weighted by molar-refractivity contribution is 6.30. The maximum Gasteiger partial charge on any atom is 0.146 e. The van der Waals surface area contributed by atoms with Crippen molar-refractivity contribution in [3.63, 3.8) is 0 Å². The summed E-state index contributed by atoms with van der Waals surface area (Å²) in [4.78, 5) is 0. The van der Waals surface area contributed by atoms with Crippen LogP contribution in [0.15, 0.2) is 18.2 Å². The number of nitrogens with one attached hydrogen (secondary N) is 1. The summed E-state index contributed by atoms with van der Waals surface area (Å²) in [5.41, 5.74) is 0.284. The normalized spacial score (nSPS) is 14.3. The van der Waals surface area contributed by atoms with Crippen LogP contribution in [0.1, 0.15) is 27.2 Å². The molecule has 0 aliphatic rings. The van der Waals surface area contributed by atoms with E-state index in [1.54, 1.807) is 0 Å². The Morgan fingerprint density at radius 3 is 2.70 bits per heavy atom. The van der Waals surface area contributed by atoms with Gasteiger partial charge < -0.3 is 15.2 Å². The van der Waals surface area contributed by atoms with Gasteiger partial charge in [-0.2, -0.15) is 0 Å². The number of halogens is 2. The molecule has 3 nitrogen and oxygen atoms in total. The fourth-order valence-corrected chi connectivity index (χ4v) is 2.10. The van der Waals surface area contributed by atoms with Crippen LogP contribution in [-0.4, -0.2) is 30.5 Å². The quantitative estimate of drug-likeness (QED) is 0.769. The van der Waals surface area contributed by atoms with Crippen LogP contribution in [0.3, 0.4) is 0 Å². The molecule has 0 heterocycles. The Morgan fingerprint density at radius 2 is 2.05 bits per heavy atom. The third-order valence-electron chi connectivity index (χ3n) is 2.83. The summed E-state index contributed by atoms with van der Waals surface area (Å²) in [6.07, 6.45) is 0.360. The van der Waals surface area contributed by atoms with Gasteiger partial charge in [-0.15, -0.1) is 0 Å². The Kier molecular flexibility index (Phi) is 7.27. The average Bonchev–Trinajstić information content (AvgIpc) is 2.36.